The Hall–Kier alpha value is -1.08. The molecular weight excluding hydrogens is 411 g/mol. The minimum Gasteiger partial charge on any atom is -0.355 e. The molecule has 1 unspecified atom stereocenters. The van der Waals surface area contributed by atoms with Gasteiger partial charge in [0.05, 0.1) is 0 Å². The molecule has 1 atom stereocenters. The van der Waals surface area contributed by atoms with E-state index in [2.05, 4.69) is 78.2 Å². The summed E-state index contributed by atoms with van der Waals surface area (Å²) in [5, 5.41) is 3.51. The molecule has 0 aliphatic rings. The second-order valence-electron chi connectivity index (χ2n) is 6.09. The zero-order valence-electron chi connectivity index (χ0n) is 15.5. The van der Waals surface area contributed by atoms with Crippen molar-refractivity contribution >= 4 is 29.9 Å². The summed E-state index contributed by atoms with van der Waals surface area (Å²) in [6.45, 7) is 5.63. The number of nitrogens with one attached hydrogen (secondary N) is 1. The third kappa shape index (κ3) is 8.68. The van der Waals surface area contributed by atoms with E-state index in [0.717, 1.165) is 38.3 Å². The lowest BCUT2D eigenvalue weighted by Gasteiger charge is -2.28. The van der Waals surface area contributed by atoms with Gasteiger partial charge in [0.15, 0.2) is 5.96 Å². The third-order valence-electron chi connectivity index (χ3n) is 4.02. The molecular formula is C19H33IN4. The van der Waals surface area contributed by atoms with E-state index in [9.17, 15) is 0 Å². The lowest BCUT2D eigenvalue weighted by atomic mass is 10.1. The van der Waals surface area contributed by atoms with Gasteiger partial charge in [-0.2, -0.15) is 0 Å². The van der Waals surface area contributed by atoms with Gasteiger partial charge in [-0.1, -0.05) is 36.4 Å². The number of rotatable bonds is 9. The maximum atomic E-state index is 4.39. The van der Waals surface area contributed by atoms with E-state index in [1.807, 2.05) is 13.1 Å². The molecule has 0 amide bonds. The molecule has 0 saturated carbocycles. The van der Waals surface area contributed by atoms with Crippen LogP contribution in [0, 0.1) is 0 Å². The number of allylic oxidation sites excluding steroid dienone is 1. The fourth-order valence-corrected chi connectivity index (χ4v) is 2.50. The zero-order chi connectivity index (χ0) is 17.1. The number of nitrogens with zero attached hydrogens (tertiary/aromatic N) is 3. The molecule has 1 aromatic carbocycles. The van der Waals surface area contributed by atoms with Crippen LogP contribution in [0.3, 0.4) is 0 Å². The van der Waals surface area contributed by atoms with Crippen LogP contribution in [-0.2, 0) is 6.42 Å². The Balaban J connectivity index is 0.00000529. The van der Waals surface area contributed by atoms with Gasteiger partial charge in [-0.05, 0) is 38.9 Å². The summed E-state index contributed by atoms with van der Waals surface area (Å²) in [5.74, 6) is 0.953. The Bertz CT molecular complexity index is 474. The Morgan fingerprint density at radius 1 is 1.25 bits per heavy atom. The van der Waals surface area contributed by atoms with Crippen molar-refractivity contribution < 1.29 is 0 Å². The third-order valence-corrected chi connectivity index (χ3v) is 4.02. The quantitative estimate of drug-likeness (QED) is 0.209. The van der Waals surface area contributed by atoms with Gasteiger partial charge in [0, 0.05) is 33.2 Å². The number of hydrogen-bond acceptors (Lipinski definition) is 2. The molecule has 0 radical (unpaired) electrons. The van der Waals surface area contributed by atoms with Crippen molar-refractivity contribution in [1.82, 2.24) is 15.1 Å². The number of likely N-dealkylation sites (N-methyl/N-ethyl adjacent to an activating group) is 1. The van der Waals surface area contributed by atoms with Gasteiger partial charge in [0.25, 0.3) is 0 Å². The fraction of sp³-hybridized carbons (Fsp3) is 0.526. The molecule has 4 nitrogen and oxygen atoms in total. The van der Waals surface area contributed by atoms with E-state index >= 15 is 0 Å². The average Bonchev–Trinajstić information content (AvgIpc) is 2.55. The summed E-state index contributed by atoms with van der Waals surface area (Å²) in [5.41, 5.74) is 1.36. The largest absolute Gasteiger partial charge is 0.355 e. The van der Waals surface area contributed by atoms with E-state index in [0.29, 0.717) is 6.04 Å². The first-order valence-electron chi connectivity index (χ1n) is 8.31. The van der Waals surface area contributed by atoms with E-state index in [1.165, 1.54) is 5.56 Å². The maximum absolute atomic E-state index is 4.39. The molecule has 1 rings (SSSR count). The molecule has 1 aromatic rings. The summed E-state index contributed by atoms with van der Waals surface area (Å²) in [7, 11) is 8.19. The lowest BCUT2D eigenvalue weighted by molar-refractivity contribution is 0.288. The smallest absolute Gasteiger partial charge is 0.193 e. The molecule has 0 bridgehead atoms. The Labute approximate surface area is 165 Å². The highest BCUT2D eigenvalue weighted by Crippen LogP contribution is 2.06. The lowest BCUT2D eigenvalue weighted by Crippen LogP contribution is -2.46. The number of hydrogen-bond donors (Lipinski definition) is 1. The Morgan fingerprint density at radius 3 is 2.46 bits per heavy atom. The Kier molecular flexibility index (Phi) is 12.6. The topological polar surface area (TPSA) is 30.9 Å². The van der Waals surface area contributed by atoms with E-state index in [1.54, 1.807) is 0 Å². The highest BCUT2D eigenvalue weighted by molar-refractivity contribution is 14.0. The molecule has 0 aromatic heterocycles. The van der Waals surface area contributed by atoms with Gasteiger partial charge >= 0.3 is 0 Å². The van der Waals surface area contributed by atoms with Gasteiger partial charge in [-0.25, -0.2) is 0 Å². The van der Waals surface area contributed by atoms with Gasteiger partial charge < -0.3 is 15.1 Å². The molecule has 0 aliphatic heterocycles. The maximum Gasteiger partial charge on any atom is 0.193 e. The predicted molar refractivity (Wildman–Crippen MR) is 116 cm³/mol. The van der Waals surface area contributed by atoms with Crippen LogP contribution < -0.4 is 5.32 Å². The first-order valence-corrected chi connectivity index (χ1v) is 8.31. The van der Waals surface area contributed by atoms with E-state index < -0.39 is 0 Å². The van der Waals surface area contributed by atoms with Crippen LogP contribution in [0.1, 0.15) is 18.4 Å². The Morgan fingerprint density at radius 2 is 1.92 bits per heavy atom. The monoisotopic (exact) mass is 444 g/mol. The van der Waals surface area contributed by atoms with Crippen molar-refractivity contribution in [2.45, 2.75) is 25.3 Å². The number of aliphatic imine (C=N–C) groups is 1. The first-order chi connectivity index (χ1) is 11.1. The van der Waals surface area contributed by atoms with Gasteiger partial charge in [0.2, 0.25) is 0 Å². The second-order valence-corrected chi connectivity index (χ2v) is 6.09. The average molecular weight is 444 g/mol. The SMILES string of the molecule is C=CCCCN(C)C(=NC)NCC(Cc1ccccc1)N(C)C.I. The van der Waals surface area contributed by atoms with Crippen molar-refractivity contribution in [2.75, 3.05) is 41.3 Å². The molecule has 24 heavy (non-hydrogen) atoms. The van der Waals surface area contributed by atoms with Gasteiger partial charge in [-0.15, -0.1) is 30.6 Å². The first kappa shape index (κ1) is 22.9. The number of benzene rings is 1. The second kappa shape index (κ2) is 13.2. The number of guanidine groups is 1. The number of halogens is 1. The minimum absolute atomic E-state index is 0. The normalized spacial score (nSPS) is 12.5. The molecule has 0 saturated heterocycles. The van der Waals surface area contributed by atoms with Crippen molar-refractivity contribution in [3.05, 3.63) is 48.6 Å². The molecule has 5 heteroatoms. The van der Waals surface area contributed by atoms with E-state index in [-0.39, 0.29) is 24.0 Å². The minimum atomic E-state index is 0. The van der Waals surface area contributed by atoms with Crippen LogP contribution in [0.2, 0.25) is 0 Å². The van der Waals surface area contributed by atoms with Crippen LogP contribution in [0.25, 0.3) is 0 Å². The molecule has 0 spiro atoms. The highest BCUT2D eigenvalue weighted by atomic mass is 127. The zero-order valence-corrected chi connectivity index (χ0v) is 17.9. The number of unbranched alkanes of at least 4 members (excludes halogenated alkanes) is 1. The summed E-state index contributed by atoms with van der Waals surface area (Å²) in [4.78, 5) is 8.84. The van der Waals surface area contributed by atoms with Crippen LogP contribution >= 0.6 is 24.0 Å². The molecule has 0 heterocycles. The van der Waals surface area contributed by atoms with Crippen LogP contribution in [0.4, 0.5) is 0 Å². The molecule has 0 fully saturated rings. The van der Waals surface area contributed by atoms with Crippen molar-refractivity contribution in [1.29, 1.82) is 0 Å². The summed E-state index contributed by atoms with van der Waals surface area (Å²) in [6.07, 6.45) is 5.13. The van der Waals surface area contributed by atoms with Gasteiger partial charge in [-0.3, -0.25) is 4.99 Å². The van der Waals surface area contributed by atoms with Gasteiger partial charge in [0.1, 0.15) is 0 Å². The standard InChI is InChI=1S/C19H32N4.HI/c1-6-7-11-14-23(5)19(20-2)21-16-18(22(3)4)15-17-12-9-8-10-13-17;/h6,8-10,12-13,18H,1,7,11,14-16H2,2-5H3,(H,20,21);1H. The summed E-state index contributed by atoms with van der Waals surface area (Å²) in [6, 6.07) is 11.1. The molecule has 0 aliphatic carbocycles. The van der Waals surface area contributed by atoms with Crippen molar-refractivity contribution in [3.63, 3.8) is 0 Å². The van der Waals surface area contributed by atoms with Crippen molar-refractivity contribution in [2.24, 2.45) is 4.99 Å². The van der Waals surface area contributed by atoms with Crippen LogP contribution in [0.15, 0.2) is 48.0 Å². The predicted octanol–water partition coefficient (Wildman–Crippen LogP) is 3.25. The summed E-state index contributed by atoms with van der Waals surface area (Å²) >= 11 is 0. The fourth-order valence-electron chi connectivity index (χ4n) is 2.50. The molecule has 1 N–H and O–H groups in total. The molecule has 136 valence electrons. The summed E-state index contributed by atoms with van der Waals surface area (Å²) < 4.78 is 0. The van der Waals surface area contributed by atoms with Crippen LogP contribution in [0.5, 0.6) is 0 Å². The highest BCUT2D eigenvalue weighted by Gasteiger charge is 2.14. The van der Waals surface area contributed by atoms with Crippen LogP contribution in [-0.4, -0.2) is 63.1 Å². The van der Waals surface area contributed by atoms with E-state index in [4.69, 9.17) is 0 Å². The van der Waals surface area contributed by atoms with Crippen molar-refractivity contribution in [3.8, 4) is 0 Å².